The summed E-state index contributed by atoms with van der Waals surface area (Å²) in [7, 11) is 0. The number of carbonyl (C=O) groups is 2. The summed E-state index contributed by atoms with van der Waals surface area (Å²) < 4.78 is 38.7. The summed E-state index contributed by atoms with van der Waals surface area (Å²) >= 11 is 0. The summed E-state index contributed by atoms with van der Waals surface area (Å²) in [5.41, 5.74) is -0.284. The van der Waals surface area contributed by atoms with Gasteiger partial charge in [-0.15, -0.1) is 0 Å². The number of pyridine rings is 1. The van der Waals surface area contributed by atoms with Crippen molar-refractivity contribution in [3.8, 4) is 0 Å². The summed E-state index contributed by atoms with van der Waals surface area (Å²) in [6.45, 7) is 3.04. The highest BCUT2D eigenvalue weighted by Crippen LogP contribution is 2.30. The summed E-state index contributed by atoms with van der Waals surface area (Å²) in [5.74, 6) is 0.417. The second-order valence-corrected chi connectivity index (χ2v) is 7.89. The molecule has 0 aliphatic carbocycles. The van der Waals surface area contributed by atoms with Crippen molar-refractivity contribution in [1.29, 1.82) is 0 Å². The molecule has 2 fully saturated rings. The van der Waals surface area contributed by atoms with Gasteiger partial charge in [0.25, 0.3) is 5.91 Å². The SMILES string of the molecule is O=C(Nc1ccc(N2CCCC2)nc1)N1CCN(C(=O)c2cccc(C(F)(F)F)c2)CC1. The first kappa shape index (κ1) is 21.9. The normalized spacial score (nSPS) is 16.9. The number of rotatable bonds is 3. The summed E-state index contributed by atoms with van der Waals surface area (Å²) in [6, 6.07) is 7.79. The number of hydrogen-bond donors (Lipinski definition) is 1. The molecule has 0 radical (unpaired) electrons. The van der Waals surface area contributed by atoms with Gasteiger partial charge in [0.2, 0.25) is 0 Å². The number of carbonyl (C=O) groups excluding carboxylic acids is 2. The molecule has 2 aromatic rings. The standard InChI is InChI=1S/C22H24F3N5O2/c23-22(24,25)17-5-3-4-16(14-17)20(31)29-10-12-30(13-11-29)21(32)27-18-6-7-19(26-15-18)28-8-1-2-9-28/h3-7,14-15H,1-2,8-13H2,(H,27,32). The van der Waals surface area contributed by atoms with E-state index in [1.807, 2.05) is 12.1 Å². The topological polar surface area (TPSA) is 68.8 Å². The molecule has 4 rings (SSSR count). The van der Waals surface area contributed by atoms with Crippen LogP contribution in [0.15, 0.2) is 42.6 Å². The van der Waals surface area contributed by atoms with E-state index in [1.54, 1.807) is 11.1 Å². The maximum Gasteiger partial charge on any atom is 0.416 e. The molecule has 1 aromatic heterocycles. The third kappa shape index (κ3) is 4.95. The van der Waals surface area contributed by atoms with Crippen LogP contribution in [0.25, 0.3) is 0 Å². The minimum absolute atomic E-state index is 0.0121. The van der Waals surface area contributed by atoms with Crippen molar-refractivity contribution in [3.63, 3.8) is 0 Å². The molecular weight excluding hydrogens is 423 g/mol. The van der Waals surface area contributed by atoms with Crippen LogP contribution < -0.4 is 10.2 Å². The molecule has 32 heavy (non-hydrogen) atoms. The number of nitrogens with zero attached hydrogens (tertiary/aromatic N) is 4. The van der Waals surface area contributed by atoms with E-state index in [2.05, 4.69) is 15.2 Å². The Labute approximate surface area is 183 Å². The third-order valence-corrected chi connectivity index (χ3v) is 5.72. The average Bonchev–Trinajstić information content (AvgIpc) is 3.34. The van der Waals surface area contributed by atoms with Crippen LogP contribution in [-0.2, 0) is 6.18 Å². The van der Waals surface area contributed by atoms with E-state index in [9.17, 15) is 22.8 Å². The number of nitrogens with one attached hydrogen (secondary N) is 1. The van der Waals surface area contributed by atoms with E-state index in [1.165, 1.54) is 17.0 Å². The van der Waals surface area contributed by atoms with Crippen molar-refractivity contribution in [2.45, 2.75) is 19.0 Å². The number of anilines is 2. The Morgan fingerprint density at radius 3 is 2.22 bits per heavy atom. The smallest absolute Gasteiger partial charge is 0.357 e. The Morgan fingerprint density at radius 2 is 1.59 bits per heavy atom. The molecular formula is C22H24F3N5O2. The molecule has 0 saturated carbocycles. The Morgan fingerprint density at radius 1 is 0.906 bits per heavy atom. The van der Waals surface area contributed by atoms with Gasteiger partial charge >= 0.3 is 12.2 Å². The molecule has 170 valence electrons. The zero-order chi connectivity index (χ0) is 22.7. The van der Waals surface area contributed by atoms with E-state index in [4.69, 9.17) is 0 Å². The lowest BCUT2D eigenvalue weighted by atomic mass is 10.1. The highest BCUT2D eigenvalue weighted by atomic mass is 19.4. The van der Waals surface area contributed by atoms with Gasteiger partial charge in [0, 0.05) is 44.8 Å². The van der Waals surface area contributed by atoms with Gasteiger partial charge < -0.3 is 20.0 Å². The zero-order valence-electron chi connectivity index (χ0n) is 17.4. The van der Waals surface area contributed by atoms with Crippen molar-refractivity contribution >= 4 is 23.4 Å². The lowest BCUT2D eigenvalue weighted by Crippen LogP contribution is -2.51. The maximum absolute atomic E-state index is 12.9. The Balaban J connectivity index is 1.30. The van der Waals surface area contributed by atoms with Crippen molar-refractivity contribution < 1.29 is 22.8 Å². The highest BCUT2D eigenvalue weighted by molar-refractivity contribution is 5.95. The predicted molar refractivity (Wildman–Crippen MR) is 114 cm³/mol. The lowest BCUT2D eigenvalue weighted by Gasteiger charge is -2.34. The van der Waals surface area contributed by atoms with Crippen LogP contribution in [0, 0.1) is 0 Å². The fraction of sp³-hybridized carbons (Fsp3) is 0.409. The Kier molecular flexibility index (Phi) is 6.20. The summed E-state index contributed by atoms with van der Waals surface area (Å²) in [5, 5.41) is 2.81. The molecule has 0 atom stereocenters. The Bertz CT molecular complexity index is 966. The van der Waals surface area contributed by atoms with Gasteiger partial charge in [-0.1, -0.05) is 6.07 Å². The quantitative estimate of drug-likeness (QED) is 0.779. The fourth-order valence-corrected chi connectivity index (χ4v) is 3.92. The van der Waals surface area contributed by atoms with Crippen LogP contribution in [0.2, 0.25) is 0 Å². The molecule has 1 N–H and O–H groups in total. The van der Waals surface area contributed by atoms with Crippen LogP contribution in [0.3, 0.4) is 0 Å². The van der Waals surface area contributed by atoms with E-state index < -0.39 is 17.6 Å². The van der Waals surface area contributed by atoms with Crippen molar-refractivity contribution in [2.75, 3.05) is 49.5 Å². The number of piperazine rings is 1. The monoisotopic (exact) mass is 447 g/mol. The Hall–Kier alpha value is -3.30. The maximum atomic E-state index is 12.9. The van der Waals surface area contributed by atoms with Gasteiger partial charge in [-0.2, -0.15) is 13.2 Å². The van der Waals surface area contributed by atoms with Crippen LogP contribution in [0.4, 0.5) is 29.5 Å². The first-order valence-electron chi connectivity index (χ1n) is 10.5. The van der Waals surface area contributed by atoms with E-state index in [-0.39, 0.29) is 37.8 Å². The van der Waals surface area contributed by atoms with Crippen LogP contribution in [0.5, 0.6) is 0 Å². The van der Waals surface area contributed by atoms with Gasteiger partial charge in [0.15, 0.2) is 0 Å². The van der Waals surface area contributed by atoms with Gasteiger partial charge in [0.1, 0.15) is 5.82 Å². The minimum atomic E-state index is -4.51. The summed E-state index contributed by atoms with van der Waals surface area (Å²) in [6.07, 6.45) is -0.571. The van der Waals surface area contributed by atoms with Gasteiger partial charge in [-0.05, 0) is 43.2 Å². The minimum Gasteiger partial charge on any atom is -0.357 e. The van der Waals surface area contributed by atoms with Gasteiger partial charge in [-0.25, -0.2) is 9.78 Å². The first-order valence-corrected chi connectivity index (χ1v) is 10.5. The zero-order valence-corrected chi connectivity index (χ0v) is 17.4. The summed E-state index contributed by atoms with van der Waals surface area (Å²) in [4.78, 5) is 34.8. The molecule has 10 heteroatoms. The van der Waals surface area contributed by atoms with Gasteiger partial charge in [-0.3, -0.25) is 4.79 Å². The number of benzene rings is 1. The average molecular weight is 447 g/mol. The van der Waals surface area contributed by atoms with Crippen molar-refractivity contribution in [2.24, 2.45) is 0 Å². The molecule has 3 heterocycles. The molecule has 3 amide bonds. The van der Waals surface area contributed by atoms with Crippen molar-refractivity contribution in [3.05, 3.63) is 53.7 Å². The fourth-order valence-electron chi connectivity index (χ4n) is 3.92. The predicted octanol–water partition coefficient (Wildman–Crippen LogP) is 3.69. The van der Waals surface area contributed by atoms with E-state index in [0.717, 1.165) is 43.9 Å². The number of alkyl halides is 3. The molecule has 2 aliphatic heterocycles. The molecule has 0 unspecified atom stereocenters. The van der Waals surface area contributed by atoms with Crippen LogP contribution in [-0.4, -0.2) is 66.0 Å². The van der Waals surface area contributed by atoms with Crippen LogP contribution in [0.1, 0.15) is 28.8 Å². The number of hydrogen-bond acceptors (Lipinski definition) is 4. The molecule has 2 saturated heterocycles. The first-order chi connectivity index (χ1) is 15.3. The third-order valence-electron chi connectivity index (χ3n) is 5.72. The molecule has 7 nitrogen and oxygen atoms in total. The number of urea groups is 1. The lowest BCUT2D eigenvalue weighted by molar-refractivity contribution is -0.137. The van der Waals surface area contributed by atoms with Crippen molar-refractivity contribution in [1.82, 2.24) is 14.8 Å². The molecule has 1 aromatic carbocycles. The second-order valence-electron chi connectivity index (χ2n) is 7.89. The molecule has 0 bridgehead atoms. The van der Waals surface area contributed by atoms with E-state index in [0.29, 0.717) is 5.69 Å². The molecule has 2 aliphatic rings. The largest absolute Gasteiger partial charge is 0.416 e. The molecule has 0 spiro atoms. The van der Waals surface area contributed by atoms with Gasteiger partial charge in [0.05, 0.1) is 17.4 Å². The van der Waals surface area contributed by atoms with Crippen LogP contribution >= 0.6 is 0 Å². The number of aromatic nitrogens is 1. The van der Waals surface area contributed by atoms with E-state index >= 15 is 0 Å². The highest BCUT2D eigenvalue weighted by Gasteiger charge is 2.32. The second kappa shape index (κ2) is 9.05. The number of halogens is 3. The number of amides is 3.